The minimum atomic E-state index is -4.04. The van der Waals surface area contributed by atoms with Crippen LogP contribution in [0, 0.1) is 0 Å². The minimum Gasteiger partial charge on any atom is -0.481 e. The first-order valence-electron chi connectivity index (χ1n) is 19.3. The molecular formula is C44H53N7O6S. The summed E-state index contributed by atoms with van der Waals surface area (Å²) in [5.74, 6) is 0.461. The molecule has 58 heavy (non-hydrogen) atoms. The lowest BCUT2D eigenvalue weighted by Crippen LogP contribution is -2.48. The summed E-state index contributed by atoms with van der Waals surface area (Å²) in [6.07, 6.45) is 0.902. The van der Waals surface area contributed by atoms with Gasteiger partial charge in [-0.3, -0.25) is 0 Å². The number of nitrogens with one attached hydrogen (secondary N) is 2. The number of fused-ring (bicyclic) bond motifs is 1. The van der Waals surface area contributed by atoms with Crippen molar-refractivity contribution in [3.8, 4) is 11.8 Å². The molecule has 306 valence electrons. The number of aromatic nitrogens is 3. The van der Waals surface area contributed by atoms with E-state index in [0.29, 0.717) is 34.0 Å². The fourth-order valence-corrected chi connectivity index (χ4v) is 8.77. The van der Waals surface area contributed by atoms with Crippen molar-refractivity contribution in [3.05, 3.63) is 131 Å². The van der Waals surface area contributed by atoms with E-state index in [1.165, 1.54) is 15.8 Å². The molecule has 0 radical (unpaired) electrons. The molecule has 0 saturated carbocycles. The van der Waals surface area contributed by atoms with E-state index in [9.17, 15) is 9.59 Å². The van der Waals surface area contributed by atoms with Gasteiger partial charge in [-0.2, -0.15) is 9.46 Å². The van der Waals surface area contributed by atoms with Crippen molar-refractivity contribution in [1.29, 1.82) is 0 Å². The van der Waals surface area contributed by atoms with Crippen molar-refractivity contribution < 1.29 is 28.0 Å². The third-order valence-corrected chi connectivity index (χ3v) is 11.7. The van der Waals surface area contributed by atoms with Gasteiger partial charge in [-0.15, -0.1) is 0 Å². The monoisotopic (exact) mass is 807 g/mol. The lowest BCUT2D eigenvalue weighted by Gasteiger charge is -2.34. The summed E-state index contributed by atoms with van der Waals surface area (Å²) in [6.45, 7) is 13.6. The summed E-state index contributed by atoms with van der Waals surface area (Å²) in [5, 5.41) is 7.62. The molecule has 3 aromatic carbocycles. The molecule has 2 atom stereocenters. The van der Waals surface area contributed by atoms with E-state index in [4.69, 9.17) is 23.6 Å². The van der Waals surface area contributed by atoms with Crippen LogP contribution in [0.3, 0.4) is 0 Å². The molecule has 2 aromatic heterocycles. The molecule has 0 bridgehead atoms. The van der Waals surface area contributed by atoms with Crippen LogP contribution in [0.2, 0.25) is 0 Å². The third-order valence-electron chi connectivity index (χ3n) is 9.83. The topological polar surface area (TPSA) is 149 Å². The van der Waals surface area contributed by atoms with E-state index in [2.05, 4.69) is 15.1 Å². The number of nitrogens with zero attached hydrogens (tertiary/aromatic N) is 5. The van der Waals surface area contributed by atoms with Crippen LogP contribution in [0.5, 0.6) is 11.8 Å². The Morgan fingerprint density at radius 3 is 1.95 bits per heavy atom. The van der Waals surface area contributed by atoms with Gasteiger partial charge >= 0.3 is 12.1 Å². The van der Waals surface area contributed by atoms with Gasteiger partial charge in [0.2, 0.25) is 11.8 Å². The maximum absolute atomic E-state index is 16.3. The van der Waals surface area contributed by atoms with Gasteiger partial charge in [-0.25, -0.2) is 28.2 Å². The Morgan fingerprint density at radius 2 is 1.47 bits per heavy atom. The van der Waals surface area contributed by atoms with E-state index < -0.39 is 39.2 Å². The second-order valence-electron chi connectivity index (χ2n) is 15.9. The van der Waals surface area contributed by atoms with Crippen LogP contribution >= 0.6 is 0 Å². The fourth-order valence-electron chi connectivity index (χ4n) is 6.92. The van der Waals surface area contributed by atoms with Gasteiger partial charge in [-0.05, 0) is 54.9 Å². The normalized spacial score (nSPS) is 15.1. The highest BCUT2D eigenvalue weighted by molar-refractivity contribution is 7.92. The van der Waals surface area contributed by atoms with Gasteiger partial charge in [-0.1, -0.05) is 119 Å². The largest absolute Gasteiger partial charge is 0.481 e. The molecule has 5 aromatic rings. The van der Waals surface area contributed by atoms with Gasteiger partial charge in [0.25, 0.3) is 0 Å². The van der Waals surface area contributed by atoms with Crippen LogP contribution in [-0.2, 0) is 26.7 Å². The molecular weight excluding hydrogens is 755 g/mol. The van der Waals surface area contributed by atoms with Crippen molar-refractivity contribution in [1.82, 2.24) is 24.4 Å². The zero-order chi connectivity index (χ0) is 41.8. The first-order valence-corrected chi connectivity index (χ1v) is 20.8. The van der Waals surface area contributed by atoms with Crippen molar-refractivity contribution >= 4 is 27.7 Å². The molecule has 13 nitrogen and oxygen atoms in total. The smallest absolute Gasteiger partial charge is 0.410 e. The van der Waals surface area contributed by atoms with Crippen LogP contribution in [0.1, 0.15) is 88.2 Å². The highest BCUT2D eigenvalue weighted by Gasteiger charge is 2.41. The predicted octanol–water partition coefficient (Wildman–Crippen LogP) is 8.72. The molecule has 1 unspecified atom stereocenters. The number of hydrogen-bond acceptors (Lipinski definition) is 9. The van der Waals surface area contributed by atoms with Gasteiger partial charge in [0, 0.05) is 13.1 Å². The number of anilines is 1. The Morgan fingerprint density at radius 1 is 0.914 bits per heavy atom. The van der Waals surface area contributed by atoms with Crippen molar-refractivity contribution in [2.75, 3.05) is 26.1 Å². The zero-order valence-corrected chi connectivity index (χ0v) is 35.4. The number of benzene rings is 3. The number of carbonyl (C=O) groups is 2. The number of ether oxygens (including phenoxy) is 3. The highest BCUT2D eigenvalue weighted by Crippen LogP contribution is 2.43. The standard InChI is InChI=1S/C44H53N7O6S/c1-29(2)35-25-37(55-9)46-38(30(3)4)39(35)47-41(52)48-58(54,36-26-45-51-27-34(28-56-40(36)51)50(8)42(53)57-43(5,6)7)49-44(31-19-13-10-14-20-31,32-21-15-11-16-22-32)33-23-17-12-18-24-33/h10-26,29-30,34H,27-28H2,1-9H3,(H2,47,48,49,52,54)/t34-,58?/m0/s1. The van der Waals surface area contributed by atoms with Crippen LogP contribution in [0.25, 0.3) is 0 Å². The van der Waals surface area contributed by atoms with Gasteiger partial charge in [0.15, 0.2) is 9.92 Å². The highest BCUT2D eigenvalue weighted by atomic mass is 32.2. The number of likely N-dealkylation sites (N-methyl/N-ethyl adjacent to an activating group) is 1. The Labute approximate surface area is 341 Å². The summed E-state index contributed by atoms with van der Waals surface area (Å²) in [7, 11) is -0.847. The first-order chi connectivity index (χ1) is 27.6. The van der Waals surface area contributed by atoms with Gasteiger partial charge < -0.3 is 24.4 Å². The van der Waals surface area contributed by atoms with Gasteiger partial charge in [0.05, 0.1) is 37.3 Å². The Balaban J connectivity index is 1.56. The number of hydrogen-bond donors (Lipinski definition) is 2. The average molecular weight is 808 g/mol. The third kappa shape index (κ3) is 8.66. The van der Waals surface area contributed by atoms with Crippen molar-refractivity contribution in [3.63, 3.8) is 0 Å². The maximum Gasteiger partial charge on any atom is 0.410 e. The molecule has 1 aliphatic heterocycles. The molecule has 3 heterocycles. The molecule has 0 saturated heterocycles. The molecule has 0 fully saturated rings. The predicted molar refractivity (Wildman–Crippen MR) is 225 cm³/mol. The summed E-state index contributed by atoms with van der Waals surface area (Å²) < 4.78 is 43.5. The molecule has 0 aliphatic carbocycles. The Bertz CT molecular complexity index is 2230. The first kappa shape index (κ1) is 41.7. The van der Waals surface area contributed by atoms with E-state index in [-0.39, 0.29) is 35.8 Å². The van der Waals surface area contributed by atoms with Crippen LogP contribution in [-0.4, -0.2) is 68.4 Å². The number of rotatable bonds is 11. The van der Waals surface area contributed by atoms with Crippen LogP contribution in [0.15, 0.2) is 113 Å². The lowest BCUT2D eigenvalue weighted by atomic mass is 9.78. The minimum absolute atomic E-state index is 0.0246. The number of amides is 3. The molecule has 6 rings (SSSR count). The van der Waals surface area contributed by atoms with Crippen molar-refractivity contribution in [2.45, 2.75) is 88.9 Å². The van der Waals surface area contributed by atoms with Gasteiger partial charge in [0.1, 0.15) is 22.6 Å². The number of methoxy groups -OCH3 is 1. The number of urea groups is 1. The average Bonchev–Trinajstić information content (AvgIpc) is 3.64. The van der Waals surface area contributed by atoms with E-state index in [1.807, 2.05) is 119 Å². The molecule has 1 aliphatic rings. The second-order valence-corrected chi connectivity index (χ2v) is 17.7. The van der Waals surface area contributed by atoms with E-state index in [0.717, 1.165) is 5.56 Å². The quantitative estimate of drug-likeness (QED) is 0.126. The zero-order valence-electron chi connectivity index (χ0n) is 34.6. The molecule has 2 N–H and O–H groups in total. The molecule has 0 spiro atoms. The lowest BCUT2D eigenvalue weighted by molar-refractivity contribution is 0.0101. The summed E-state index contributed by atoms with van der Waals surface area (Å²) >= 11 is 0. The summed E-state index contributed by atoms with van der Waals surface area (Å²) in [5.41, 5.74) is 1.94. The van der Waals surface area contributed by atoms with Crippen LogP contribution in [0.4, 0.5) is 15.3 Å². The van der Waals surface area contributed by atoms with Crippen LogP contribution < -0.4 is 19.5 Å². The SMILES string of the molecule is COc1cc(C(C)C)c(NC(=O)NS(=O)(=NC(c2ccccc2)(c2ccccc2)c2ccccc2)c2cnn3c2OC[C@@H](N(C)C(=O)OC(C)(C)C)C3)c(C(C)C)n1. The Kier molecular flexibility index (Phi) is 12.2. The molecule has 3 amide bonds. The van der Waals surface area contributed by atoms with Crippen molar-refractivity contribution in [2.24, 2.45) is 4.36 Å². The molecule has 14 heteroatoms. The summed E-state index contributed by atoms with van der Waals surface area (Å²) in [6, 6.07) is 29.2. The Hall–Kier alpha value is -5.89. The number of carbonyl (C=O) groups excluding carboxylic acids is 2. The van der Waals surface area contributed by atoms with E-state index >= 15 is 4.21 Å². The van der Waals surface area contributed by atoms with E-state index in [1.54, 1.807) is 41.0 Å². The second kappa shape index (κ2) is 16.9. The summed E-state index contributed by atoms with van der Waals surface area (Å²) in [4.78, 5) is 33.8. The maximum atomic E-state index is 16.3. The number of pyridine rings is 1. The fraction of sp³-hybridized carbons (Fsp3) is 0.364.